The quantitative estimate of drug-likeness (QED) is 0.623. The van der Waals surface area contributed by atoms with Crippen LogP contribution in [-0.4, -0.2) is 53.0 Å². The van der Waals surface area contributed by atoms with Crippen LogP contribution in [0.4, 0.5) is 0 Å². The molecule has 1 N–H and O–H groups in total. The molecule has 0 saturated carbocycles. The normalized spacial score (nSPS) is 38.1. The second-order valence-corrected chi connectivity index (χ2v) is 7.31. The lowest BCUT2D eigenvalue weighted by atomic mass is 9.75. The second kappa shape index (κ2) is 5.06. The molecule has 0 radical (unpaired) electrons. The van der Waals surface area contributed by atoms with Crippen LogP contribution in [0.3, 0.4) is 0 Å². The van der Waals surface area contributed by atoms with Crippen LogP contribution in [-0.2, 0) is 19.1 Å². The van der Waals surface area contributed by atoms with Crippen molar-refractivity contribution >= 4 is 11.9 Å². The zero-order valence-electron chi connectivity index (χ0n) is 13.9. The average molecular weight is 311 g/mol. The lowest BCUT2D eigenvalue weighted by Crippen LogP contribution is -2.64. The zero-order chi connectivity index (χ0) is 16.9. The van der Waals surface area contributed by atoms with Gasteiger partial charge in [-0.25, -0.2) is 4.79 Å². The van der Waals surface area contributed by atoms with Gasteiger partial charge in [0.15, 0.2) is 5.54 Å². The molecule has 2 saturated heterocycles. The molecule has 0 spiro atoms. The number of methoxy groups -OCH3 is 1. The SMILES string of the molecule is C=CCC1C(=O)N2[C@H](C(C)(C)C)OC[C@@]2(C(=O)OC)C1(C)O. The van der Waals surface area contributed by atoms with Crippen LogP contribution in [0.15, 0.2) is 12.7 Å². The molecule has 124 valence electrons. The number of allylic oxidation sites excluding steroid dienone is 1. The van der Waals surface area contributed by atoms with Gasteiger partial charge in [-0.2, -0.15) is 0 Å². The van der Waals surface area contributed by atoms with E-state index in [0.29, 0.717) is 0 Å². The predicted molar refractivity (Wildman–Crippen MR) is 79.7 cm³/mol. The molecule has 22 heavy (non-hydrogen) atoms. The van der Waals surface area contributed by atoms with Gasteiger partial charge < -0.3 is 14.6 Å². The lowest BCUT2D eigenvalue weighted by molar-refractivity contribution is -0.167. The first-order valence-electron chi connectivity index (χ1n) is 7.42. The van der Waals surface area contributed by atoms with Gasteiger partial charge in [0.1, 0.15) is 11.8 Å². The lowest BCUT2D eigenvalue weighted by Gasteiger charge is -2.40. The number of rotatable bonds is 3. The van der Waals surface area contributed by atoms with Crippen molar-refractivity contribution in [3.8, 4) is 0 Å². The first-order chi connectivity index (χ1) is 10.1. The molecule has 0 aromatic carbocycles. The van der Waals surface area contributed by atoms with E-state index in [2.05, 4.69) is 6.58 Å². The van der Waals surface area contributed by atoms with E-state index in [0.717, 1.165) is 0 Å². The Morgan fingerprint density at radius 3 is 2.64 bits per heavy atom. The van der Waals surface area contributed by atoms with Crippen molar-refractivity contribution in [3.63, 3.8) is 0 Å². The molecular weight excluding hydrogens is 286 g/mol. The van der Waals surface area contributed by atoms with E-state index >= 15 is 0 Å². The van der Waals surface area contributed by atoms with Crippen LogP contribution < -0.4 is 0 Å². The Hall–Kier alpha value is -1.40. The highest BCUT2D eigenvalue weighted by atomic mass is 16.6. The van der Waals surface area contributed by atoms with Gasteiger partial charge in [0.25, 0.3) is 0 Å². The molecule has 4 atom stereocenters. The molecule has 0 aromatic heterocycles. The number of hydrogen-bond donors (Lipinski definition) is 1. The molecule has 0 bridgehead atoms. The van der Waals surface area contributed by atoms with Gasteiger partial charge in [0, 0.05) is 5.41 Å². The summed E-state index contributed by atoms with van der Waals surface area (Å²) in [4.78, 5) is 26.8. The zero-order valence-corrected chi connectivity index (χ0v) is 13.9. The van der Waals surface area contributed by atoms with E-state index in [-0.39, 0.29) is 18.9 Å². The Morgan fingerprint density at radius 1 is 1.59 bits per heavy atom. The summed E-state index contributed by atoms with van der Waals surface area (Å²) < 4.78 is 10.7. The van der Waals surface area contributed by atoms with Crippen LogP contribution in [0.2, 0.25) is 0 Å². The third kappa shape index (κ3) is 1.93. The molecular formula is C16H25NO5. The minimum atomic E-state index is -1.59. The van der Waals surface area contributed by atoms with Gasteiger partial charge in [0.2, 0.25) is 5.91 Å². The Labute approximate surface area is 131 Å². The van der Waals surface area contributed by atoms with Crippen molar-refractivity contribution in [2.45, 2.75) is 51.5 Å². The number of carbonyl (C=O) groups is 2. The van der Waals surface area contributed by atoms with Crippen LogP contribution in [0, 0.1) is 11.3 Å². The summed E-state index contributed by atoms with van der Waals surface area (Å²) in [5.74, 6) is -1.69. The van der Waals surface area contributed by atoms with Crippen molar-refractivity contribution in [1.29, 1.82) is 0 Å². The summed E-state index contributed by atoms with van der Waals surface area (Å²) in [6, 6.07) is 0. The maximum atomic E-state index is 12.9. The summed E-state index contributed by atoms with van der Waals surface area (Å²) >= 11 is 0. The molecule has 2 heterocycles. The fourth-order valence-electron chi connectivity index (χ4n) is 3.60. The number of ether oxygens (including phenoxy) is 2. The Kier molecular flexibility index (Phi) is 3.90. The van der Waals surface area contributed by atoms with Crippen molar-refractivity contribution in [3.05, 3.63) is 12.7 Å². The van der Waals surface area contributed by atoms with Gasteiger partial charge in [-0.15, -0.1) is 6.58 Å². The smallest absolute Gasteiger partial charge is 0.337 e. The maximum absolute atomic E-state index is 12.9. The fraction of sp³-hybridized carbons (Fsp3) is 0.750. The minimum absolute atomic E-state index is 0.0754. The topological polar surface area (TPSA) is 76.1 Å². The summed E-state index contributed by atoms with van der Waals surface area (Å²) in [6.45, 7) is 10.8. The van der Waals surface area contributed by atoms with E-state index in [1.54, 1.807) is 6.08 Å². The molecule has 0 aromatic rings. The maximum Gasteiger partial charge on any atom is 0.337 e. The van der Waals surface area contributed by atoms with E-state index in [9.17, 15) is 14.7 Å². The van der Waals surface area contributed by atoms with Crippen LogP contribution in [0.1, 0.15) is 34.1 Å². The Morgan fingerprint density at radius 2 is 2.18 bits per heavy atom. The third-order valence-electron chi connectivity index (χ3n) is 4.81. The van der Waals surface area contributed by atoms with E-state index in [4.69, 9.17) is 9.47 Å². The van der Waals surface area contributed by atoms with Crippen LogP contribution >= 0.6 is 0 Å². The molecule has 2 rings (SSSR count). The number of amides is 1. The summed E-state index contributed by atoms with van der Waals surface area (Å²) in [6.07, 6.45) is 1.27. The standard InChI is InChI=1S/C16H25NO5/c1-7-8-10-11(18)17-12(14(2,3)4)22-9-16(17,13(19)21-6)15(10,5)20/h7,10,12,20H,1,8-9H2,2-6H3/t10?,12-,15?,16+/m0/s1. The monoisotopic (exact) mass is 311 g/mol. The molecule has 2 aliphatic rings. The van der Waals surface area contributed by atoms with E-state index < -0.39 is 34.7 Å². The van der Waals surface area contributed by atoms with Crippen molar-refractivity contribution in [2.24, 2.45) is 11.3 Å². The number of aliphatic hydroxyl groups is 1. The highest BCUT2D eigenvalue weighted by Crippen LogP contribution is 2.52. The number of fused-ring (bicyclic) bond motifs is 1. The van der Waals surface area contributed by atoms with Crippen molar-refractivity contribution in [2.75, 3.05) is 13.7 Å². The first-order valence-corrected chi connectivity index (χ1v) is 7.42. The van der Waals surface area contributed by atoms with E-state index in [1.165, 1.54) is 18.9 Å². The highest BCUT2D eigenvalue weighted by Gasteiger charge is 2.75. The molecule has 0 aliphatic carbocycles. The highest BCUT2D eigenvalue weighted by molar-refractivity contribution is 5.97. The van der Waals surface area contributed by atoms with Gasteiger partial charge in [0.05, 0.1) is 19.6 Å². The van der Waals surface area contributed by atoms with Crippen LogP contribution in [0.5, 0.6) is 0 Å². The number of carbonyl (C=O) groups excluding carboxylic acids is 2. The third-order valence-corrected chi connectivity index (χ3v) is 4.81. The van der Waals surface area contributed by atoms with Crippen molar-refractivity contribution in [1.82, 2.24) is 4.90 Å². The number of nitrogens with zero attached hydrogens (tertiary/aromatic N) is 1. The van der Waals surface area contributed by atoms with Gasteiger partial charge in [-0.1, -0.05) is 26.8 Å². The average Bonchev–Trinajstić information content (AvgIpc) is 2.90. The molecule has 2 aliphatic heterocycles. The van der Waals surface area contributed by atoms with Gasteiger partial charge in [-0.3, -0.25) is 9.69 Å². The molecule has 1 amide bonds. The van der Waals surface area contributed by atoms with E-state index in [1.807, 2.05) is 20.8 Å². The molecule has 6 heteroatoms. The van der Waals surface area contributed by atoms with Crippen LogP contribution in [0.25, 0.3) is 0 Å². The van der Waals surface area contributed by atoms with Crippen molar-refractivity contribution < 1.29 is 24.2 Å². The largest absolute Gasteiger partial charge is 0.467 e. The van der Waals surface area contributed by atoms with Gasteiger partial charge >= 0.3 is 5.97 Å². The predicted octanol–water partition coefficient (Wildman–Crippen LogP) is 1.09. The Bertz CT molecular complexity index is 507. The first kappa shape index (κ1) is 17.0. The Balaban J connectivity index is 2.61. The second-order valence-electron chi connectivity index (χ2n) is 7.31. The minimum Gasteiger partial charge on any atom is -0.467 e. The summed E-state index contributed by atoms with van der Waals surface area (Å²) in [5.41, 5.74) is -3.50. The summed E-state index contributed by atoms with van der Waals surface area (Å²) in [5, 5.41) is 11.1. The van der Waals surface area contributed by atoms with Gasteiger partial charge in [-0.05, 0) is 13.3 Å². The number of esters is 1. The fourth-order valence-corrected chi connectivity index (χ4v) is 3.60. The molecule has 2 fully saturated rings. The molecule has 6 nitrogen and oxygen atoms in total. The molecule has 2 unspecified atom stereocenters. The summed E-state index contributed by atoms with van der Waals surface area (Å²) in [7, 11) is 1.25. The number of hydrogen-bond acceptors (Lipinski definition) is 5.